The van der Waals surface area contributed by atoms with Crippen LogP contribution in [0.4, 0.5) is 8.78 Å². The number of hydrogen-bond acceptors (Lipinski definition) is 6. The first-order chi connectivity index (χ1) is 16.0. The molecule has 35 heavy (non-hydrogen) atoms. The summed E-state index contributed by atoms with van der Waals surface area (Å²) >= 11 is 0. The summed E-state index contributed by atoms with van der Waals surface area (Å²) in [5.74, 6) is -3.60. The van der Waals surface area contributed by atoms with Crippen LogP contribution in [0.5, 0.6) is 0 Å². The SMILES string of the molecule is CC(C)c1cc(C#N)c(F)c(C(C)C)c1CC(=O)NS(=O)(=O)c1cc(CO)c(C(C)(C)O)cc1F. The Balaban J connectivity index is 2.52. The summed E-state index contributed by atoms with van der Waals surface area (Å²) in [4.78, 5) is 11.9. The van der Waals surface area contributed by atoms with Crippen molar-refractivity contribution >= 4 is 15.9 Å². The Hall–Kier alpha value is -2.87. The molecule has 0 bridgehead atoms. The van der Waals surface area contributed by atoms with Gasteiger partial charge >= 0.3 is 0 Å². The number of sulfonamides is 1. The second-order valence-corrected chi connectivity index (χ2v) is 11.2. The average Bonchev–Trinajstić information content (AvgIpc) is 2.71. The number of nitrogens with one attached hydrogen (secondary N) is 1. The van der Waals surface area contributed by atoms with Gasteiger partial charge in [0.05, 0.1) is 24.2 Å². The molecule has 0 aliphatic rings. The molecule has 0 atom stereocenters. The zero-order valence-corrected chi connectivity index (χ0v) is 21.3. The van der Waals surface area contributed by atoms with Crippen LogP contribution in [0, 0.1) is 23.0 Å². The summed E-state index contributed by atoms with van der Waals surface area (Å²) in [6.45, 7) is 9.02. The lowest BCUT2D eigenvalue weighted by Crippen LogP contribution is -2.33. The second-order valence-electron chi connectivity index (χ2n) is 9.50. The highest BCUT2D eigenvalue weighted by atomic mass is 32.2. The van der Waals surface area contributed by atoms with Gasteiger partial charge in [-0.1, -0.05) is 27.7 Å². The Bertz CT molecular complexity index is 1290. The van der Waals surface area contributed by atoms with Gasteiger partial charge in [0.2, 0.25) is 5.91 Å². The molecular weight excluding hydrogens is 478 g/mol. The van der Waals surface area contributed by atoms with Gasteiger partial charge in [-0.15, -0.1) is 0 Å². The van der Waals surface area contributed by atoms with Crippen molar-refractivity contribution < 1.29 is 32.2 Å². The van der Waals surface area contributed by atoms with E-state index >= 15 is 0 Å². The molecule has 0 aliphatic heterocycles. The smallest absolute Gasteiger partial charge is 0.266 e. The van der Waals surface area contributed by atoms with Gasteiger partial charge in [0.1, 0.15) is 22.6 Å². The highest BCUT2D eigenvalue weighted by molar-refractivity contribution is 7.90. The highest BCUT2D eigenvalue weighted by Crippen LogP contribution is 2.33. The van der Waals surface area contributed by atoms with Crippen molar-refractivity contribution in [3.63, 3.8) is 0 Å². The van der Waals surface area contributed by atoms with E-state index in [-0.39, 0.29) is 33.7 Å². The van der Waals surface area contributed by atoms with Crippen LogP contribution in [0.25, 0.3) is 0 Å². The van der Waals surface area contributed by atoms with Crippen molar-refractivity contribution in [3.05, 3.63) is 63.2 Å². The van der Waals surface area contributed by atoms with Gasteiger partial charge in [-0.05, 0) is 71.7 Å². The average molecular weight is 509 g/mol. The van der Waals surface area contributed by atoms with Gasteiger partial charge < -0.3 is 10.2 Å². The van der Waals surface area contributed by atoms with Gasteiger partial charge in [0.15, 0.2) is 0 Å². The number of aliphatic hydroxyl groups excluding tert-OH is 1. The molecule has 0 heterocycles. The quantitative estimate of drug-likeness (QED) is 0.497. The van der Waals surface area contributed by atoms with Crippen molar-refractivity contribution in [1.82, 2.24) is 4.72 Å². The fourth-order valence-electron chi connectivity index (χ4n) is 4.04. The van der Waals surface area contributed by atoms with Crippen LogP contribution >= 0.6 is 0 Å². The number of nitriles is 1. The number of carbonyl (C=O) groups is 1. The fraction of sp³-hybridized carbons (Fsp3) is 0.440. The molecule has 2 aromatic rings. The summed E-state index contributed by atoms with van der Waals surface area (Å²) in [5, 5.41) is 29.1. The zero-order chi connectivity index (χ0) is 26.9. The number of rotatable bonds is 8. The molecule has 1 amide bonds. The molecule has 7 nitrogen and oxygen atoms in total. The molecule has 0 spiro atoms. The number of nitrogens with zero attached hydrogens (tertiary/aromatic N) is 1. The molecule has 0 unspecified atom stereocenters. The van der Waals surface area contributed by atoms with Crippen LogP contribution in [-0.4, -0.2) is 24.5 Å². The van der Waals surface area contributed by atoms with Crippen molar-refractivity contribution in [2.45, 2.75) is 76.9 Å². The fourth-order valence-corrected chi connectivity index (χ4v) is 5.13. The molecule has 0 aliphatic carbocycles. The number of amides is 1. The minimum absolute atomic E-state index is 0.000940. The van der Waals surface area contributed by atoms with Gasteiger partial charge in [0, 0.05) is 0 Å². The first-order valence-corrected chi connectivity index (χ1v) is 12.5. The second kappa shape index (κ2) is 10.4. The van der Waals surface area contributed by atoms with Crippen LogP contribution in [0.15, 0.2) is 23.1 Å². The topological polar surface area (TPSA) is 127 Å². The van der Waals surface area contributed by atoms with E-state index in [1.54, 1.807) is 33.8 Å². The van der Waals surface area contributed by atoms with Crippen molar-refractivity contribution in [2.24, 2.45) is 0 Å². The first-order valence-electron chi connectivity index (χ1n) is 11.0. The van der Waals surface area contributed by atoms with E-state index in [2.05, 4.69) is 0 Å². The van der Waals surface area contributed by atoms with Crippen LogP contribution < -0.4 is 4.72 Å². The highest BCUT2D eigenvalue weighted by Gasteiger charge is 2.29. The van der Waals surface area contributed by atoms with E-state index in [1.165, 1.54) is 19.9 Å². The third-order valence-corrected chi connectivity index (χ3v) is 7.02. The zero-order valence-electron chi connectivity index (χ0n) is 20.5. The van der Waals surface area contributed by atoms with Crippen molar-refractivity contribution in [3.8, 4) is 6.07 Å². The van der Waals surface area contributed by atoms with E-state index in [0.717, 1.165) is 12.1 Å². The molecule has 0 aromatic heterocycles. The lowest BCUT2D eigenvalue weighted by molar-refractivity contribution is -0.118. The molecule has 3 N–H and O–H groups in total. The Kier molecular flexibility index (Phi) is 8.43. The largest absolute Gasteiger partial charge is 0.392 e. The first kappa shape index (κ1) is 28.4. The maximum atomic E-state index is 15.0. The molecule has 2 aromatic carbocycles. The molecule has 10 heteroatoms. The van der Waals surface area contributed by atoms with Crippen LogP contribution in [0.3, 0.4) is 0 Å². The predicted octanol–water partition coefficient (Wildman–Crippen LogP) is 3.85. The normalized spacial score (nSPS) is 12.2. The molecule has 2 rings (SSSR count). The summed E-state index contributed by atoms with van der Waals surface area (Å²) in [6, 6.07) is 4.82. The molecule has 0 saturated heterocycles. The number of aliphatic hydroxyl groups is 2. The van der Waals surface area contributed by atoms with E-state index in [1.807, 2.05) is 4.72 Å². The monoisotopic (exact) mass is 508 g/mol. The van der Waals surface area contributed by atoms with Gasteiger partial charge in [-0.3, -0.25) is 4.79 Å². The van der Waals surface area contributed by atoms with Crippen LogP contribution in [0.1, 0.15) is 86.8 Å². The van der Waals surface area contributed by atoms with Crippen molar-refractivity contribution in [1.29, 1.82) is 5.26 Å². The van der Waals surface area contributed by atoms with E-state index in [9.17, 15) is 37.5 Å². The molecule has 0 radical (unpaired) electrons. The number of halogens is 2. The molecule has 0 saturated carbocycles. The Labute approximate surface area is 204 Å². The predicted molar refractivity (Wildman–Crippen MR) is 126 cm³/mol. The molecule has 0 fully saturated rings. The third kappa shape index (κ3) is 6.04. The standard InChI is InChI=1S/C25H30F2N2O5S/c1-13(2)17-7-15(11-28)24(27)23(14(3)4)18(17)9-22(31)29-35(33,34)21-8-16(12-30)19(10-20(21)26)25(5,6)32/h7-8,10,13-14,30,32H,9,12H2,1-6H3,(H,29,31). The summed E-state index contributed by atoms with van der Waals surface area (Å²) in [6.07, 6.45) is -0.515. The number of hydrogen-bond donors (Lipinski definition) is 3. The summed E-state index contributed by atoms with van der Waals surface area (Å²) < 4.78 is 57.3. The van der Waals surface area contributed by atoms with Gasteiger partial charge in [0.25, 0.3) is 10.0 Å². The van der Waals surface area contributed by atoms with Crippen molar-refractivity contribution in [2.75, 3.05) is 0 Å². The van der Waals surface area contributed by atoms with Gasteiger partial charge in [-0.2, -0.15) is 5.26 Å². The minimum atomic E-state index is -4.71. The molecular formula is C25H30F2N2O5S. The van der Waals surface area contributed by atoms with E-state index < -0.39 is 57.0 Å². The Morgan fingerprint density at radius 3 is 2.20 bits per heavy atom. The van der Waals surface area contributed by atoms with E-state index in [0.29, 0.717) is 5.56 Å². The number of carbonyl (C=O) groups excluding carboxylic acids is 1. The lowest BCUT2D eigenvalue weighted by Gasteiger charge is -2.22. The summed E-state index contributed by atoms with van der Waals surface area (Å²) in [7, 11) is -4.71. The Morgan fingerprint density at radius 2 is 1.74 bits per heavy atom. The Morgan fingerprint density at radius 1 is 1.14 bits per heavy atom. The number of benzene rings is 2. The maximum absolute atomic E-state index is 15.0. The lowest BCUT2D eigenvalue weighted by atomic mass is 9.85. The minimum Gasteiger partial charge on any atom is -0.392 e. The summed E-state index contributed by atoms with van der Waals surface area (Å²) in [5.41, 5.74) is -0.798. The maximum Gasteiger partial charge on any atom is 0.266 e. The van der Waals surface area contributed by atoms with Crippen LogP contribution in [-0.2, 0) is 33.4 Å². The third-order valence-electron chi connectivity index (χ3n) is 5.63. The van der Waals surface area contributed by atoms with Gasteiger partial charge in [-0.25, -0.2) is 21.9 Å². The van der Waals surface area contributed by atoms with E-state index in [4.69, 9.17) is 0 Å². The molecule has 190 valence electrons. The van der Waals surface area contributed by atoms with Crippen LogP contribution in [0.2, 0.25) is 0 Å².